The van der Waals surface area contributed by atoms with Gasteiger partial charge < -0.3 is 11.5 Å². The first kappa shape index (κ1) is 15.6. The highest BCUT2D eigenvalue weighted by atomic mass is 19.4. The summed E-state index contributed by atoms with van der Waals surface area (Å²) in [7, 11) is 0. The SMILES string of the molecule is NCC1c2ccccc2C(N)=NC1(c1ccccc1)C(F)(F)F. The fraction of sp³-hybridized carbons (Fsp3) is 0.235. The molecule has 2 aromatic carbocycles. The first-order valence-electron chi connectivity index (χ1n) is 7.18. The van der Waals surface area contributed by atoms with Crippen molar-refractivity contribution in [2.75, 3.05) is 6.54 Å². The lowest BCUT2D eigenvalue weighted by Crippen LogP contribution is -2.52. The van der Waals surface area contributed by atoms with E-state index in [0.29, 0.717) is 11.1 Å². The molecule has 1 aliphatic rings. The molecule has 0 amide bonds. The summed E-state index contributed by atoms with van der Waals surface area (Å²) in [6.45, 7) is -0.192. The van der Waals surface area contributed by atoms with Crippen LogP contribution in [0.4, 0.5) is 13.2 Å². The maximum atomic E-state index is 14.2. The lowest BCUT2D eigenvalue weighted by molar-refractivity contribution is -0.195. The minimum absolute atomic E-state index is 0.0420. The summed E-state index contributed by atoms with van der Waals surface area (Å²) in [5, 5.41) is 0. The van der Waals surface area contributed by atoms with Gasteiger partial charge in [0.25, 0.3) is 0 Å². The van der Waals surface area contributed by atoms with Gasteiger partial charge in [0.05, 0.1) is 0 Å². The largest absolute Gasteiger partial charge is 0.418 e. The van der Waals surface area contributed by atoms with Gasteiger partial charge in [0.15, 0.2) is 5.54 Å². The first-order chi connectivity index (χ1) is 10.9. The average Bonchev–Trinajstić information content (AvgIpc) is 2.54. The Labute approximate surface area is 131 Å². The number of benzene rings is 2. The van der Waals surface area contributed by atoms with Crippen molar-refractivity contribution in [3.63, 3.8) is 0 Å². The second-order valence-corrected chi connectivity index (χ2v) is 5.50. The molecule has 3 rings (SSSR count). The second kappa shape index (κ2) is 5.38. The quantitative estimate of drug-likeness (QED) is 0.894. The van der Waals surface area contributed by atoms with Crippen LogP contribution in [0.25, 0.3) is 0 Å². The number of nitrogens with two attached hydrogens (primary N) is 2. The third kappa shape index (κ3) is 2.21. The summed E-state index contributed by atoms with van der Waals surface area (Å²) < 4.78 is 42.5. The van der Waals surface area contributed by atoms with Crippen molar-refractivity contribution in [2.45, 2.75) is 17.6 Å². The minimum atomic E-state index is -4.63. The molecule has 2 atom stereocenters. The predicted octanol–water partition coefficient (Wildman–Crippen LogP) is 2.91. The van der Waals surface area contributed by atoms with E-state index in [2.05, 4.69) is 4.99 Å². The Morgan fingerprint density at radius 2 is 1.61 bits per heavy atom. The smallest absolute Gasteiger partial charge is 0.383 e. The number of aliphatic imine (C=N–C) groups is 1. The number of rotatable bonds is 2. The molecular formula is C17H16F3N3. The van der Waals surface area contributed by atoms with Gasteiger partial charge >= 0.3 is 6.18 Å². The molecule has 6 heteroatoms. The maximum absolute atomic E-state index is 14.2. The summed E-state index contributed by atoms with van der Waals surface area (Å²) in [5.41, 5.74) is 10.2. The van der Waals surface area contributed by atoms with Gasteiger partial charge in [-0.25, -0.2) is 4.99 Å². The lowest BCUT2D eigenvalue weighted by atomic mass is 9.71. The predicted molar refractivity (Wildman–Crippen MR) is 83.1 cm³/mol. The zero-order valence-electron chi connectivity index (χ0n) is 12.2. The molecule has 4 N–H and O–H groups in total. The fourth-order valence-corrected chi connectivity index (χ4v) is 3.27. The summed E-state index contributed by atoms with van der Waals surface area (Å²) >= 11 is 0. The highest BCUT2D eigenvalue weighted by Gasteiger charge is 2.62. The molecule has 0 saturated heterocycles. The highest BCUT2D eigenvalue weighted by Crippen LogP contribution is 2.53. The van der Waals surface area contributed by atoms with Gasteiger partial charge in [-0.05, 0) is 11.1 Å². The molecule has 0 aromatic heterocycles. The number of amidine groups is 1. The molecule has 0 bridgehead atoms. The molecule has 0 radical (unpaired) electrons. The van der Waals surface area contributed by atoms with Crippen molar-refractivity contribution >= 4 is 5.84 Å². The van der Waals surface area contributed by atoms with Crippen LogP contribution in [-0.4, -0.2) is 18.6 Å². The molecule has 23 heavy (non-hydrogen) atoms. The molecule has 0 fully saturated rings. The van der Waals surface area contributed by atoms with Gasteiger partial charge in [-0.1, -0.05) is 54.6 Å². The number of hydrogen-bond donors (Lipinski definition) is 2. The summed E-state index contributed by atoms with van der Waals surface area (Å²) in [4.78, 5) is 3.94. The lowest BCUT2D eigenvalue weighted by Gasteiger charge is -2.42. The van der Waals surface area contributed by atoms with Crippen LogP contribution in [0.15, 0.2) is 59.6 Å². The van der Waals surface area contributed by atoms with Crippen molar-refractivity contribution in [1.29, 1.82) is 0 Å². The number of fused-ring (bicyclic) bond motifs is 1. The highest BCUT2D eigenvalue weighted by molar-refractivity contribution is 6.00. The Balaban J connectivity index is 2.35. The van der Waals surface area contributed by atoms with Gasteiger partial charge in [-0.2, -0.15) is 13.2 Å². The Hall–Kier alpha value is -2.34. The molecular weight excluding hydrogens is 303 g/mol. The molecule has 1 heterocycles. The zero-order chi connectivity index (χ0) is 16.7. The van der Waals surface area contributed by atoms with Crippen LogP contribution < -0.4 is 11.5 Å². The molecule has 0 aliphatic carbocycles. The molecule has 120 valence electrons. The number of halogens is 3. The average molecular weight is 319 g/mol. The van der Waals surface area contributed by atoms with Crippen LogP contribution in [0.5, 0.6) is 0 Å². The molecule has 1 aliphatic heterocycles. The van der Waals surface area contributed by atoms with Crippen LogP contribution in [0, 0.1) is 0 Å². The van der Waals surface area contributed by atoms with Crippen LogP contribution >= 0.6 is 0 Å². The number of hydrogen-bond acceptors (Lipinski definition) is 3. The third-order valence-corrected chi connectivity index (χ3v) is 4.30. The van der Waals surface area contributed by atoms with Crippen LogP contribution in [0.3, 0.4) is 0 Å². The minimum Gasteiger partial charge on any atom is -0.383 e. The van der Waals surface area contributed by atoms with Crippen molar-refractivity contribution in [2.24, 2.45) is 16.5 Å². The molecule has 3 nitrogen and oxygen atoms in total. The molecule has 2 unspecified atom stereocenters. The standard InChI is InChI=1S/C17H16F3N3/c18-17(19,20)16(11-6-2-1-3-7-11)14(10-21)12-8-4-5-9-13(12)15(22)23-16/h1-9,14H,10,21H2,(H2,22,23). The van der Waals surface area contributed by atoms with Crippen molar-refractivity contribution in [3.05, 3.63) is 71.3 Å². The topological polar surface area (TPSA) is 64.4 Å². The van der Waals surface area contributed by atoms with E-state index in [9.17, 15) is 13.2 Å². The Morgan fingerprint density at radius 3 is 2.22 bits per heavy atom. The number of alkyl halides is 3. The van der Waals surface area contributed by atoms with Crippen LogP contribution in [-0.2, 0) is 5.54 Å². The van der Waals surface area contributed by atoms with Gasteiger partial charge in [-0.3, -0.25) is 0 Å². The Bertz CT molecular complexity index is 740. The summed E-state index contributed by atoms with van der Waals surface area (Å²) in [5.74, 6) is -1.15. The molecule has 0 saturated carbocycles. The van der Waals surface area contributed by atoms with E-state index in [-0.39, 0.29) is 17.9 Å². The Kier molecular flexibility index (Phi) is 3.64. The van der Waals surface area contributed by atoms with E-state index in [1.165, 1.54) is 12.1 Å². The summed E-state index contributed by atoms with van der Waals surface area (Å²) in [6, 6.07) is 14.3. The summed E-state index contributed by atoms with van der Waals surface area (Å²) in [6.07, 6.45) is -4.63. The zero-order valence-corrected chi connectivity index (χ0v) is 12.2. The molecule has 0 spiro atoms. The molecule has 2 aromatic rings. The van der Waals surface area contributed by atoms with Crippen LogP contribution in [0.1, 0.15) is 22.6 Å². The van der Waals surface area contributed by atoms with E-state index < -0.39 is 17.6 Å². The van der Waals surface area contributed by atoms with E-state index >= 15 is 0 Å². The van der Waals surface area contributed by atoms with Crippen molar-refractivity contribution in [3.8, 4) is 0 Å². The van der Waals surface area contributed by atoms with E-state index in [4.69, 9.17) is 11.5 Å². The van der Waals surface area contributed by atoms with Gasteiger partial charge in [0.1, 0.15) is 5.84 Å². The van der Waals surface area contributed by atoms with Crippen LogP contribution in [0.2, 0.25) is 0 Å². The van der Waals surface area contributed by atoms with Gasteiger partial charge in [0, 0.05) is 18.0 Å². The van der Waals surface area contributed by atoms with Gasteiger partial charge in [0.2, 0.25) is 0 Å². The third-order valence-electron chi connectivity index (χ3n) is 4.30. The maximum Gasteiger partial charge on any atom is 0.418 e. The first-order valence-corrected chi connectivity index (χ1v) is 7.18. The van der Waals surface area contributed by atoms with E-state index in [1.54, 1.807) is 42.5 Å². The van der Waals surface area contributed by atoms with E-state index in [1.807, 2.05) is 0 Å². The Morgan fingerprint density at radius 1 is 1.00 bits per heavy atom. The second-order valence-electron chi connectivity index (χ2n) is 5.50. The van der Waals surface area contributed by atoms with Crippen molar-refractivity contribution in [1.82, 2.24) is 0 Å². The monoisotopic (exact) mass is 319 g/mol. The number of nitrogens with zero attached hydrogens (tertiary/aromatic N) is 1. The fourth-order valence-electron chi connectivity index (χ4n) is 3.27. The normalized spacial score (nSPS) is 24.0. The van der Waals surface area contributed by atoms with Gasteiger partial charge in [-0.15, -0.1) is 0 Å². The van der Waals surface area contributed by atoms with Crippen molar-refractivity contribution < 1.29 is 13.2 Å². The van der Waals surface area contributed by atoms with E-state index in [0.717, 1.165) is 0 Å².